The first kappa shape index (κ1) is 28.4. The smallest absolute Gasteiger partial charge is 0.326 e. The third-order valence-corrected chi connectivity index (χ3v) is 5.44. The van der Waals surface area contributed by atoms with Crippen LogP contribution >= 0.6 is 12.6 Å². The van der Waals surface area contributed by atoms with Crippen LogP contribution in [0.15, 0.2) is 30.3 Å². The molecule has 0 aliphatic heterocycles. The molecule has 0 saturated carbocycles. The van der Waals surface area contributed by atoms with E-state index in [0.29, 0.717) is 0 Å². The Labute approximate surface area is 200 Å². The molecule has 0 radical (unpaired) electrons. The molecule has 0 heterocycles. The van der Waals surface area contributed by atoms with Gasteiger partial charge in [-0.25, -0.2) is 4.79 Å². The van der Waals surface area contributed by atoms with E-state index in [1.165, 1.54) is 0 Å². The van der Waals surface area contributed by atoms with Crippen LogP contribution in [0.25, 0.3) is 0 Å². The Morgan fingerprint density at radius 3 is 1.88 bits per heavy atom. The van der Waals surface area contributed by atoms with Crippen LogP contribution < -0.4 is 21.7 Å². The Bertz CT molecular complexity index is 803. The summed E-state index contributed by atoms with van der Waals surface area (Å²) in [5.41, 5.74) is 6.59. The second kappa shape index (κ2) is 13.8. The molecule has 4 atom stereocenters. The van der Waals surface area contributed by atoms with E-state index in [-0.39, 0.29) is 30.4 Å². The highest BCUT2D eigenvalue weighted by molar-refractivity contribution is 7.80. The van der Waals surface area contributed by atoms with Gasteiger partial charge in [0.25, 0.3) is 0 Å². The lowest BCUT2D eigenvalue weighted by Gasteiger charge is -2.26. The van der Waals surface area contributed by atoms with Gasteiger partial charge in [0.05, 0.1) is 6.04 Å². The number of hydrogen-bond acceptors (Lipinski definition) is 6. The molecule has 10 heteroatoms. The lowest BCUT2D eigenvalue weighted by Crippen LogP contribution is -2.58. The number of carbonyl (C=O) groups excluding carboxylic acids is 3. The van der Waals surface area contributed by atoms with Crippen LogP contribution in [0.5, 0.6) is 0 Å². The molecule has 0 fully saturated rings. The fourth-order valence-electron chi connectivity index (χ4n) is 3.06. The van der Waals surface area contributed by atoms with Crippen molar-refractivity contribution in [2.75, 3.05) is 5.75 Å². The molecule has 9 nitrogen and oxygen atoms in total. The zero-order valence-corrected chi connectivity index (χ0v) is 20.5. The summed E-state index contributed by atoms with van der Waals surface area (Å²) in [6.45, 7) is 7.34. The maximum atomic E-state index is 12.9. The molecule has 0 aromatic heterocycles. The van der Waals surface area contributed by atoms with E-state index in [9.17, 15) is 24.3 Å². The van der Waals surface area contributed by atoms with Gasteiger partial charge in [-0.2, -0.15) is 12.6 Å². The number of carboxylic acid groups (broad SMARTS) is 1. The molecule has 0 bridgehead atoms. The fraction of sp³-hybridized carbons (Fsp3) is 0.565. The Morgan fingerprint density at radius 2 is 1.39 bits per heavy atom. The van der Waals surface area contributed by atoms with E-state index in [0.717, 1.165) is 5.56 Å². The molecule has 3 amide bonds. The first-order valence-corrected chi connectivity index (χ1v) is 11.6. The van der Waals surface area contributed by atoms with E-state index < -0.39 is 47.9 Å². The largest absolute Gasteiger partial charge is 0.480 e. The maximum Gasteiger partial charge on any atom is 0.326 e. The first-order valence-electron chi connectivity index (χ1n) is 11.0. The van der Waals surface area contributed by atoms with Crippen LogP contribution in [0.3, 0.4) is 0 Å². The molecule has 0 aliphatic carbocycles. The molecular formula is C23H36N4O5S. The third kappa shape index (κ3) is 9.83. The van der Waals surface area contributed by atoms with Crippen molar-refractivity contribution < 1.29 is 24.3 Å². The molecule has 1 aromatic carbocycles. The van der Waals surface area contributed by atoms with Crippen molar-refractivity contribution in [1.82, 2.24) is 16.0 Å². The quantitative estimate of drug-likeness (QED) is 0.229. The molecule has 1 rings (SSSR count). The highest BCUT2D eigenvalue weighted by Crippen LogP contribution is 2.09. The van der Waals surface area contributed by atoms with Gasteiger partial charge < -0.3 is 26.8 Å². The van der Waals surface area contributed by atoms with Crippen LogP contribution in [0.1, 0.15) is 39.7 Å². The van der Waals surface area contributed by atoms with Crippen LogP contribution in [0, 0.1) is 11.8 Å². The summed E-state index contributed by atoms with van der Waals surface area (Å²) in [6, 6.07) is 5.02. The number of aliphatic carboxylic acids is 1. The third-order valence-electron chi connectivity index (χ3n) is 5.07. The number of carbonyl (C=O) groups is 4. The monoisotopic (exact) mass is 480 g/mol. The van der Waals surface area contributed by atoms with Crippen LogP contribution in [-0.2, 0) is 25.6 Å². The average molecular weight is 481 g/mol. The summed E-state index contributed by atoms with van der Waals surface area (Å²) < 4.78 is 0. The van der Waals surface area contributed by atoms with E-state index in [2.05, 4.69) is 28.6 Å². The van der Waals surface area contributed by atoms with E-state index in [1.54, 1.807) is 38.1 Å². The van der Waals surface area contributed by atoms with Crippen LogP contribution in [-0.4, -0.2) is 58.7 Å². The standard InChI is InChI=1S/C23H36N4O5S/c1-13(2)10-16(25-21(29)18(12-33)27-22(30)19(24)14(3)4)20(28)26-17(23(31)32)11-15-8-6-5-7-9-15/h5-9,13-14,16-19,33H,10-12,24H2,1-4H3,(H,25,29)(H,26,28)(H,27,30)(H,31,32). The average Bonchev–Trinajstić information content (AvgIpc) is 2.75. The molecule has 0 aliphatic rings. The summed E-state index contributed by atoms with van der Waals surface area (Å²) >= 11 is 4.14. The number of thiol groups is 1. The molecule has 6 N–H and O–H groups in total. The first-order chi connectivity index (χ1) is 15.5. The lowest BCUT2D eigenvalue weighted by atomic mass is 10.0. The second-order valence-electron chi connectivity index (χ2n) is 8.79. The summed E-state index contributed by atoms with van der Waals surface area (Å²) in [6.07, 6.45) is 0.390. The van der Waals surface area contributed by atoms with Gasteiger partial charge in [-0.3, -0.25) is 14.4 Å². The number of carboxylic acids is 1. The van der Waals surface area contributed by atoms with Crippen molar-refractivity contribution in [3.63, 3.8) is 0 Å². The minimum absolute atomic E-state index is 0.00413. The molecular weight excluding hydrogens is 444 g/mol. The summed E-state index contributed by atoms with van der Waals surface area (Å²) in [7, 11) is 0. The Kier molecular flexibility index (Phi) is 11.9. The van der Waals surface area contributed by atoms with E-state index >= 15 is 0 Å². The normalized spacial score (nSPS) is 14.8. The van der Waals surface area contributed by atoms with Crippen molar-refractivity contribution in [3.05, 3.63) is 35.9 Å². The summed E-state index contributed by atoms with van der Waals surface area (Å²) in [5.74, 6) is -2.94. The van der Waals surface area contributed by atoms with Gasteiger partial charge in [-0.15, -0.1) is 0 Å². The minimum Gasteiger partial charge on any atom is -0.480 e. The van der Waals surface area contributed by atoms with Gasteiger partial charge in [0.2, 0.25) is 17.7 Å². The summed E-state index contributed by atoms with van der Waals surface area (Å²) in [5, 5.41) is 17.3. The van der Waals surface area contributed by atoms with Crippen molar-refractivity contribution in [2.24, 2.45) is 17.6 Å². The number of benzene rings is 1. The van der Waals surface area contributed by atoms with E-state index in [4.69, 9.17) is 5.73 Å². The Morgan fingerprint density at radius 1 is 0.879 bits per heavy atom. The molecule has 1 aromatic rings. The number of hydrogen-bond donors (Lipinski definition) is 6. The van der Waals surface area contributed by atoms with Crippen LogP contribution in [0.4, 0.5) is 0 Å². The second-order valence-corrected chi connectivity index (χ2v) is 9.16. The maximum absolute atomic E-state index is 12.9. The van der Waals surface area contributed by atoms with Crippen molar-refractivity contribution in [2.45, 2.75) is 64.7 Å². The van der Waals surface area contributed by atoms with Gasteiger partial charge in [-0.05, 0) is 23.8 Å². The van der Waals surface area contributed by atoms with Gasteiger partial charge in [0.1, 0.15) is 18.1 Å². The molecule has 33 heavy (non-hydrogen) atoms. The fourth-order valence-corrected chi connectivity index (χ4v) is 3.32. The van der Waals surface area contributed by atoms with Gasteiger partial charge in [0.15, 0.2) is 0 Å². The van der Waals surface area contributed by atoms with Gasteiger partial charge in [0, 0.05) is 12.2 Å². The Balaban J connectivity index is 2.91. The Hall–Kier alpha value is -2.59. The van der Waals surface area contributed by atoms with E-state index in [1.807, 2.05) is 19.9 Å². The SMILES string of the molecule is CC(C)CC(NC(=O)C(CS)NC(=O)C(N)C(C)C)C(=O)NC(Cc1ccccc1)C(=O)O. The highest BCUT2D eigenvalue weighted by atomic mass is 32.1. The zero-order chi connectivity index (χ0) is 25.1. The molecule has 4 unspecified atom stereocenters. The molecule has 0 saturated heterocycles. The number of nitrogens with one attached hydrogen (secondary N) is 3. The number of rotatable bonds is 13. The topological polar surface area (TPSA) is 151 Å². The molecule has 184 valence electrons. The predicted molar refractivity (Wildman–Crippen MR) is 130 cm³/mol. The summed E-state index contributed by atoms with van der Waals surface area (Å²) in [4.78, 5) is 49.7. The van der Waals surface area contributed by atoms with Crippen molar-refractivity contribution in [1.29, 1.82) is 0 Å². The zero-order valence-electron chi connectivity index (χ0n) is 19.6. The number of amides is 3. The lowest BCUT2D eigenvalue weighted by molar-refractivity contribution is -0.142. The minimum atomic E-state index is -1.18. The van der Waals surface area contributed by atoms with Crippen molar-refractivity contribution in [3.8, 4) is 0 Å². The predicted octanol–water partition coefficient (Wildman–Crippen LogP) is 0.727. The highest BCUT2D eigenvalue weighted by Gasteiger charge is 2.30. The van der Waals surface area contributed by atoms with Gasteiger partial charge in [-0.1, -0.05) is 58.0 Å². The van der Waals surface area contributed by atoms with Crippen molar-refractivity contribution >= 4 is 36.3 Å². The van der Waals surface area contributed by atoms with Gasteiger partial charge >= 0.3 is 5.97 Å². The number of nitrogens with two attached hydrogens (primary N) is 1. The van der Waals surface area contributed by atoms with Crippen LogP contribution in [0.2, 0.25) is 0 Å². The molecule has 0 spiro atoms.